The second-order valence-corrected chi connectivity index (χ2v) is 6.03. The van der Waals surface area contributed by atoms with Crippen molar-refractivity contribution in [3.8, 4) is 11.5 Å². The number of nitro benzene ring substituents is 1. The van der Waals surface area contributed by atoms with Gasteiger partial charge in [-0.2, -0.15) is 0 Å². The molecule has 0 saturated heterocycles. The van der Waals surface area contributed by atoms with E-state index in [0.29, 0.717) is 5.75 Å². The highest BCUT2D eigenvalue weighted by molar-refractivity contribution is 5.78. The molecule has 1 amide bonds. The number of nitro groups is 1. The zero-order valence-electron chi connectivity index (χ0n) is 15.2. The van der Waals surface area contributed by atoms with Crippen molar-refractivity contribution >= 4 is 11.6 Å². The summed E-state index contributed by atoms with van der Waals surface area (Å²) < 4.78 is 10.4. The number of nitrogens with one attached hydrogen (secondary N) is 1. The third-order valence-electron chi connectivity index (χ3n) is 3.99. The Labute approximate surface area is 152 Å². The molecule has 0 heterocycles. The summed E-state index contributed by atoms with van der Waals surface area (Å²) >= 11 is 0. The second kappa shape index (κ2) is 8.33. The van der Waals surface area contributed by atoms with E-state index in [-0.39, 0.29) is 30.0 Å². The minimum atomic E-state index is -0.541. The van der Waals surface area contributed by atoms with E-state index in [2.05, 4.69) is 11.4 Å². The lowest BCUT2D eigenvalue weighted by molar-refractivity contribution is -0.385. The van der Waals surface area contributed by atoms with Crippen LogP contribution in [0.15, 0.2) is 36.4 Å². The number of nitrogens with zero attached hydrogens (tertiary/aromatic N) is 1. The molecule has 138 valence electrons. The van der Waals surface area contributed by atoms with E-state index < -0.39 is 4.92 Å². The molecule has 0 spiro atoms. The minimum Gasteiger partial charge on any atom is -0.490 e. The third kappa shape index (κ3) is 4.72. The number of methoxy groups -OCH3 is 1. The third-order valence-corrected chi connectivity index (χ3v) is 3.99. The maximum Gasteiger partial charge on any atom is 0.311 e. The molecule has 1 N–H and O–H groups in total. The van der Waals surface area contributed by atoms with Crippen LogP contribution in [-0.2, 0) is 4.79 Å². The van der Waals surface area contributed by atoms with Crippen LogP contribution in [0, 0.1) is 24.0 Å². The van der Waals surface area contributed by atoms with Crippen LogP contribution >= 0.6 is 0 Å². The molecule has 0 bridgehead atoms. The first-order chi connectivity index (χ1) is 12.3. The number of aryl methyl sites for hydroxylation is 2. The lowest BCUT2D eigenvalue weighted by Gasteiger charge is -2.17. The molecule has 0 aromatic heterocycles. The Bertz CT molecular complexity index is 820. The van der Waals surface area contributed by atoms with Gasteiger partial charge in [0.1, 0.15) is 5.75 Å². The molecule has 0 aliphatic rings. The van der Waals surface area contributed by atoms with Gasteiger partial charge in [-0.25, -0.2) is 0 Å². The molecule has 2 aromatic rings. The van der Waals surface area contributed by atoms with Crippen molar-refractivity contribution in [2.24, 2.45) is 0 Å². The summed E-state index contributed by atoms with van der Waals surface area (Å²) in [6.45, 7) is 5.73. The highest BCUT2D eigenvalue weighted by Gasteiger charge is 2.16. The monoisotopic (exact) mass is 358 g/mol. The standard InChI is InChI=1S/C19H22N2O5/c1-12-5-7-16(13(2)9-12)14(3)20-19(22)11-26-15-6-8-17(21(23)24)18(10-15)25-4/h5-10,14H,11H2,1-4H3,(H,20,22)/t14-/m1/s1. The van der Waals surface area contributed by atoms with Crippen LogP contribution in [0.5, 0.6) is 11.5 Å². The van der Waals surface area contributed by atoms with E-state index >= 15 is 0 Å². The van der Waals surface area contributed by atoms with Gasteiger partial charge in [-0.3, -0.25) is 14.9 Å². The van der Waals surface area contributed by atoms with Crippen LogP contribution in [0.25, 0.3) is 0 Å². The van der Waals surface area contributed by atoms with Gasteiger partial charge in [-0.1, -0.05) is 23.8 Å². The average molecular weight is 358 g/mol. The van der Waals surface area contributed by atoms with Crippen molar-refractivity contribution in [1.82, 2.24) is 5.32 Å². The summed E-state index contributed by atoms with van der Waals surface area (Å²) in [6, 6.07) is 10.0. The molecular weight excluding hydrogens is 336 g/mol. The first kappa shape index (κ1) is 19.2. The molecule has 7 heteroatoms. The molecule has 26 heavy (non-hydrogen) atoms. The Hall–Kier alpha value is -3.09. The summed E-state index contributed by atoms with van der Waals surface area (Å²) in [5, 5.41) is 13.8. The van der Waals surface area contributed by atoms with Gasteiger partial charge >= 0.3 is 5.69 Å². The van der Waals surface area contributed by atoms with E-state index in [0.717, 1.165) is 11.1 Å². The van der Waals surface area contributed by atoms with E-state index in [1.807, 2.05) is 32.9 Å². The Morgan fingerprint density at radius 1 is 1.23 bits per heavy atom. The first-order valence-corrected chi connectivity index (χ1v) is 8.13. The molecule has 0 saturated carbocycles. The Kier molecular flexibility index (Phi) is 6.16. The van der Waals surface area contributed by atoms with Gasteiger partial charge in [0, 0.05) is 12.1 Å². The maximum atomic E-state index is 12.1. The van der Waals surface area contributed by atoms with Gasteiger partial charge in [-0.15, -0.1) is 0 Å². The predicted molar refractivity (Wildman–Crippen MR) is 97.6 cm³/mol. The quantitative estimate of drug-likeness (QED) is 0.604. The highest BCUT2D eigenvalue weighted by atomic mass is 16.6. The number of hydrogen-bond acceptors (Lipinski definition) is 5. The average Bonchev–Trinajstić information content (AvgIpc) is 2.59. The zero-order chi connectivity index (χ0) is 19.3. The summed E-state index contributed by atoms with van der Waals surface area (Å²) in [5.74, 6) is 0.119. The lowest BCUT2D eigenvalue weighted by Crippen LogP contribution is -2.31. The summed E-state index contributed by atoms with van der Waals surface area (Å²) in [5.41, 5.74) is 3.16. The number of carbonyl (C=O) groups excluding carboxylic acids is 1. The summed E-state index contributed by atoms with van der Waals surface area (Å²) in [6.07, 6.45) is 0. The Balaban J connectivity index is 1.97. The lowest BCUT2D eigenvalue weighted by atomic mass is 10.0. The molecule has 0 aliphatic carbocycles. The van der Waals surface area contributed by atoms with Crippen LogP contribution < -0.4 is 14.8 Å². The Morgan fingerprint density at radius 2 is 1.96 bits per heavy atom. The number of carbonyl (C=O) groups is 1. The van der Waals surface area contributed by atoms with Gasteiger partial charge in [0.05, 0.1) is 18.1 Å². The molecular formula is C19H22N2O5. The van der Waals surface area contributed by atoms with Crippen molar-refractivity contribution in [1.29, 1.82) is 0 Å². The number of benzene rings is 2. The molecule has 0 unspecified atom stereocenters. The highest BCUT2D eigenvalue weighted by Crippen LogP contribution is 2.30. The number of amides is 1. The van der Waals surface area contributed by atoms with Gasteiger partial charge in [0.15, 0.2) is 6.61 Å². The normalized spacial score (nSPS) is 11.5. The predicted octanol–water partition coefficient (Wildman–Crippen LogP) is 3.48. The fourth-order valence-electron chi connectivity index (χ4n) is 2.72. The largest absolute Gasteiger partial charge is 0.490 e. The van der Waals surface area contributed by atoms with Crippen molar-refractivity contribution in [3.63, 3.8) is 0 Å². The van der Waals surface area contributed by atoms with Gasteiger partial charge < -0.3 is 14.8 Å². The summed E-state index contributed by atoms with van der Waals surface area (Å²) in [7, 11) is 1.34. The van der Waals surface area contributed by atoms with Crippen molar-refractivity contribution in [2.45, 2.75) is 26.8 Å². The minimum absolute atomic E-state index is 0.0801. The Morgan fingerprint density at radius 3 is 2.58 bits per heavy atom. The fourth-order valence-corrected chi connectivity index (χ4v) is 2.72. The molecule has 1 atom stereocenters. The van der Waals surface area contributed by atoms with Crippen LogP contribution in [0.2, 0.25) is 0 Å². The molecule has 0 radical (unpaired) electrons. The first-order valence-electron chi connectivity index (χ1n) is 8.13. The number of ether oxygens (including phenoxy) is 2. The SMILES string of the molecule is COc1cc(OCC(=O)N[C@H](C)c2ccc(C)cc2C)ccc1[N+](=O)[O-]. The van der Waals surface area contributed by atoms with Gasteiger partial charge in [0.2, 0.25) is 5.75 Å². The van der Waals surface area contributed by atoms with Crippen molar-refractivity contribution < 1.29 is 19.2 Å². The number of hydrogen-bond donors (Lipinski definition) is 1. The van der Waals surface area contributed by atoms with Crippen LogP contribution in [0.3, 0.4) is 0 Å². The maximum absolute atomic E-state index is 12.1. The smallest absolute Gasteiger partial charge is 0.311 e. The van der Waals surface area contributed by atoms with Crippen LogP contribution in [0.1, 0.15) is 29.7 Å². The topological polar surface area (TPSA) is 90.7 Å². The zero-order valence-corrected chi connectivity index (χ0v) is 15.2. The fraction of sp³-hybridized carbons (Fsp3) is 0.316. The van der Waals surface area contributed by atoms with Gasteiger partial charge in [-0.05, 0) is 38.0 Å². The van der Waals surface area contributed by atoms with Crippen molar-refractivity contribution in [2.75, 3.05) is 13.7 Å². The summed E-state index contributed by atoms with van der Waals surface area (Å²) in [4.78, 5) is 22.5. The molecule has 2 rings (SSSR count). The van der Waals surface area contributed by atoms with Crippen molar-refractivity contribution in [3.05, 3.63) is 63.2 Å². The molecule has 0 aliphatic heterocycles. The van der Waals surface area contributed by atoms with E-state index in [4.69, 9.17) is 9.47 Å². The van der Waals surface area contributed by atoms with Crippen LogP contribution in [0.4, 0.5) is 5.69 Å². The second-order valence-electron chi connectivity index (χ2n) is 6.03. The number of rotatable bonds is 7. The van der Waals surface area contributed by atoms with Crippen LogP contribution in [-0.4, -0.2) is 24.5 Å². The molecule has 7 nitrogen and oxygen atoms in total. The van der Waals surface area contributed by atoms with E-state index in [1.54, 1.807) is 0 Å². The molecule has 2 aromatic carbocycles. The van der Waals surface area contributed by atoms with Gasteiger partial charge in [0.25, 0.3) is 5.91 Å². The molecule has 0 fully saturated rings. The van der Waals surface area contributed by atoms with E-state index in [9.17, 15) is 14.9 Å². The van der Waals surface area contributed by atoms with E-state index in [1.165, 1.54) is 30.9 Å².